The van der Waals surface area contributed by atoms with E-state index in [1.54, 1.807) is 4.90 Å². The van der Waals surface area contributed by atoms with Gasteiger partial charge in [0.2, 0.25) is 5.91 Å². The highest BCUT2D eigenvalue weighted by Gasteiger charge is 2.29. The Bertz CT molecular complexity index is 305. The van der Waals surface area contributed by atoms with Crippen LogP contribution in [0.2, 0.25) is 0 Å². The normalized spacial score (nSPS) is 30.4. The lowest BCUT2D eigenvalue weighted by molar-refractivity contribution is -0.139. The van der Waals surface area contributed by atoms with Crippen LogP contribution < -0.4 is 5.32 Å². The Morgan fingerprint density at radius 1 is 1.41 bits per heavy atom. The first-order valence-electron chi connectivity index (χ1n) is 6.34. The molecule has 2 saturated heterocycles. The average molecular weight is 237 g/mol. The second-order valence-electron chi connectivity index (χ2n) is 4.63. The van der Waals surface area contributed by atoms with Gasteiger partial charge in [-0.25, -0.2) is 0 Å². The van der Waals surface area contributed by atoms with Crippen LogP contribution in [0.15, 0.2) is 0 Å². The number of hydrogen-bond donors (Lipinski definition) is 1. The van der Waals surface area contributed by atoms with Gasteiger partial charge in [-0.3, -0.25) is 4.79 Å². The third-order valence-electron chi connectivity index (χ3n) is 3.38. The maximum atomic E-state index is 12.3. The topological polar surface area (TPSA) is 65.4 Å². The molecule has 0 aromatic heterocycles. The third-order valence-corrected chi connectivity index (χ3v) is 3.38. The molecule has 0 bridgehead atoms. The minimum atomic E-state index is -0.460. The van der Waals surface area contributed by atoms with E-state index < -0.39 is 6.10 Å². The van der Waals surface area contributed by atoms with Gasteiger partial charge in [-0.05, 0) is 19.4 Å². The molecule has 0 aliphatic carbocycles. The van der Waals surface area contributed by atoms with Crippen molar-refractivity contribution in [3.63, 3.8) is 0 Å². The molecule has 2 atom stereocenters. The molecule has 1 amide bonds. The second-order valence-corrected chi connectivity index (χ2v) is 4.63. The summed E-state index contributed by atoms with van der Waals surface area (Å²) in [4.78, 5) is 14.0. The van der Waals surface area contributed by atoms with Crippen LogP contribution >= 0.6 is 0 Å². The van der Waals surface area contributed by atoms with Gasteiger partial charge in [0, 0.05) is 6.54 Å². The van der Waals surface area contributed by atoms with E-state index in [0.29, 0.717) is 19.7 Å². The lowest BCUT2D eigenvalue weighted by Crippen LogP contribution is -2.52. The van der Waals surface area contributed by atoms with E-state index >= 15 is 0 Å². The van der Waals surface area contributed by atoms with Crippen molar-refractivity contribution < 1.29 is 9.53 Å². The predicted molar refractivity (Wildman–Crippen MR) is 62.2 cm³/mol. The summed E-state index contributed by atoms with van der Waals surface area (Å²) >= 11 is 0. The molecule has 0 aromatic carbocycles. The first kappa shape index (κ1) is 12.3. The van der Waals surface area contributed by atoms with Gasteiger partial charge in [-0.1, -0.05) is 12.8 Å². The van der Waals surface area contributed by atoms with E-state index in [4.69, 9.17) is 10.00 Å². The molecule has 2 rings (SSSR count). The fourth-order valence-corrected chi connectivity index (χ4v) is 2.39. The zero-order chi connectivity index (χ0) is 12.1. The molecular weight excluding hydrogens is 218 g/mol. The molecule has 0 spiro atoms. The fraction of sp³-hybridized carbons (Fsp3) is 0.833. The molecule has 2 aliphatic heterocycles. The maximum Gasteiger partial charge on any atom is 0.239 e. The summed E-state index contributed by atoms with van der Waals surface area (Å²) in [5.41, 5.74) is 0. The Labute approximate surface area is 102 Å². The van der Waals surface area contributed by atoms with Crippen LogP contribution in [-0.2, 0) is 9.53 Å². The van der Waals surface area contributed by atoms with Crippen molar-refractivity contribution in [2.75, 3.05) is 26.2 Å². The van der Waals surface area contributed by atoms with Crippen molar-refractivity contribution >= 4 is 5.91 Å². The zero-order valence-electron chi connectivity index (χ0n) is 10.0. The van der Waals surface area contributed by atoms with E-state index in [0.717, 1.165) is 25.8 Å². The number of hydrogen-bond acceptors (Lipinski definition) is 4. The molecular formula is C12H19N3O2. The number of nitriles is 1. The molecule has 1 N–H and O–H groups in total. The van der Waals surface area contributed by atoms with Crippen LogP contribution in [0.5, 0.6) is 0 Å². The van der Waals surface area contributed by atoms with Crippen molar-refractivity contribution in [1.29, 1.82) is 5.26 Å². The summed E-state index contributed by atoms with van der Waals surface area (Å²) in [6, 6.07) is 2.01. The minimum Gasteiger partial charge on any atom is -0.360 e. The summed E-state index contributed by atoms with van der Waals surface area (Å²) in [6.45, 7) is 2.40. The largest absolute Gasteiger partial charge is 0.360 e. The molecule has 5 nitrogen and oxygen atoms in total. The number of rotatable bonds is 1. The standard InChI is InChI=1S/C12H19N3O2/c13-8-10-9-15(6-7-17-10)12(16)11-4-2-1-3-5-14-11/h10-11,14H,1-7,9H2. The Morgan fingerprint density at radius 2 is 2.29 bits per heavy atom. The molecule has 0 aromatic rings. The quantitative estimate of drug-likeness (QED) is 0.711. The zero-order valence-corrected chi connectivity index (χ0v) is 10.0. The van der Waals surface area contributed by atoms with Crippen LogP contribution in [0.1, 0.15) is 25.7 Å². The summed E-state index contributed by atoms with van der Waals surface area (Å²) in [5, 5.41) is 12.1. The van der Waals surface area contributed by atoms with E-state index in [-0.39, 0.29) is 11.9 Å². The SMILES string of the molecule is N#CC1CN(C(=O)C2CCCCCN2)CCO1. The first-order valence-corrected chi connectivity index (χ1v) is 6.34. The first-order chi connectivity index (χ1) is 8.31. The van der Waals surface area contributed by atoms with Crippen molar-refractivity contribution in [3.05, 3.63) is 0 Å². The van der Waals surface area contributed by atoms with Crippen molar-refractivity contribution in [2.45, 2.75) is 37.8 Å². The van der Waals surface area contributed by atoms with E-state index in [1.165, 1.54) is 6.42 Å². The van der Waals surface area contributed by atoms with Crippen molar-refractivity contribution in [1.82, 2.24) is 10.2 Å². The summed E-state index contributed by atoms with van der Waals surface area (Å²) in [6.07, 6.45) is 3.90. The van der Waals surface area contributed by atoms with E-state index in [1.807, 2.05) is 0 Å². The number of carbonyl (C=O) groups is 1. The number of amides is 1. The Morgan fingerprint density at radius 3 is 3.12 bits per heavy atom. The fourth-order valence-electron chi connectivity index (χ4n) is 2.39. The van der Waals surface area contributed by atoms with Gasteiger partial charge in [-0.15, -0.1) is 0 Å². The van der Waals surface area contributed by atoms with E-state index in [2.05, 4.69) is 11.4 Å². The van der Waals surface area contributed by atoms with Crippen molar-refractivity contribution in [2.24, 2.45) is 0 Å². The molecule has 2 heterocycles. The number of nitrogens with zero attached hydrogens (tertiary/aromatic N) is 2. The Hall–Kier alpha value is -1.12. The van der Waals surface area contributed by atoms with Gasteiger partial charge in [-0.2, -0.15) is 5.26 Å². The molecule has 2 unspecified atom stereocenters. The lowest BCUT2D eigenvalue weighted by atomic mass is 10.1. The third kappa shape index (κ3) is 3.18. The summed E-state index contributed by atoms with van der Waals surface area (Å²) in [5.74, 6) is 0.135. The van der Waals surface area contributed by atoms with Gasteiger partial charge >= 0.3 is 0 Å². The number of morpholine rings is 1. The van der Waals surface area contributed by atoms with Crippen LogP contribution in [-0.4, -0.2) is 49.2 Å². The number of ether oxygens (including phenoxy) is 1. The molecule has 94 valence electrons. The number of carbonyl (C=O) groups excluding carboxylic acids is 1. The van der Waals surface area contributed by atoms with Gasteiger partial charge in [0.15, 0.2) is 6.10 Å². The molecule has 2 aliphatic rings. The Balaban J connectivity index is 1.91. The van der Waals surface area contributed by atoms with Crippen LogP contribution in [0.3, 0.4) is 0 Å². The van der Waals surface area contributed by atoms with Gasteiger partial charge in [0.1, 0.15) is 0 Å². The van der Waals surface area contributed by atoms with Gasteiger partial charge < -0.3 is 15.0 Å². The predicted octanol–water partition coefficient (Wildman–Crippen LogP) is 0.270. The maximum absolute atomic E-state index is 12.3. The lowest BCUT2D eigenvalue weighted by Gasteiger charge is -2.32. The van der Waals surface area contributed by atoms with E-state index in [9.17, 15) is 4.79 Å². The molecule has 17 heavy (non-hydrogen) atoms. The van der Waals surface area contributed by atoms with Crippen LogP contribution in [0.4, 0.5) is 0 Å². The monoisotopic (exact) mass is 237 g/mol. The second kappa shape index (κ2) is 5.99. The molecule has 5 heteroatoms. The van der Waals surface area contributed by atoms with Gasteiger partial charge in [0.25, 0.3) is 0 Å². The summed E-state index contributed by atoms with van der Waals surface area (Å²) in [7, 11) is 0. The summed E-state index contributed by atoms with van der Waals surface area (Å²) < 4.78 is 5.24. The smallest absolute Gasteiger partial charge is 0.239 e. The van der Waals surface area contributed by atoms with Crippen LogP contribution in [0, 0.1) is 11.3 Å². The highest BCUT2D eigenvalue weighted by Crippen LogP contribution is 2.13. The number of nitrogens with one attached hydrogen (secondary N) is 1. The molecule has 0 saturated carbocycles. The highest BCUT2D eigenvalue weighted by atomic mass is 16.5. The van der Waals surface area contributed by atoms with Crippen molar-refractivity contribution in [3.8, 4) is 6.07 Å². The Kier molecular flexibility index (Phi) is 4.35. The molecule has 0 radical (unpaired) electrons. The highest BCUT2D eigenvalue weighted by molar-refractivity contribution is 5.82. The minimum absolute atomic E-state index is 0.0602. The molecule has 2 fully saturated rings. The van der Waals surface area contributed by atoms with Gasteiger partial charge in [0.05, 0.1) is 25.3 Å². The average Bonchev–Trinajstić information content (AvgIpc) is 2.67. The van der Waals surface area contributed by atoms with Crippen LogP contribution in [0.25, 0.3) is 0 Å².